The molecule has 168 valence electrons. The van der Waals surface area contributed by atoms with Crippen LogP contribution in [0, 0.1) is 0 Å². The number of carbonyl (C=O) groups excluding carboxylic acids is 1. The molecule has 0 bridgehead atoms. The Labute approximate surface area is 180 Å². The van der Waals surface area contributed by atoms with Crippen LogP contribution in [0.1, 0.15) is 104 Å². The van der Waals surface area contributed by atoms with Crippen molar-refractivity contribution in [2.75, 3.05) is 32.7 Å². The number of rotatable bonds is 18. The molecule has 1 amide bonds. The molecule has 0 aromatic heterocycles. The second kappa shape index (κ2) is 16.6. The molecule has 0 fully saturated rings. The van der Waals surface area contributed by atoms with Crippen LogP contribution in [0.4, 0.5) is 0 Å². The van der Waals surface area contributed by atoms with Gasteiger partial charge >= 0.3 is 0 Å². The van der Waals surface area contributed by atoms with E-state index in [1.165, 1.54) is 76.5 Å². The number of aliphatic imine (C=N–C) groups is 1. The predicted octanol–water partition coefficient (Wildman–Crippen LogP) is 6.02. The van der Waals surface area contributed by atoms with Gasteiger partial charge in [-0.3, -0.25) is 9.28 Å². The molecule has 0 aliphatic carbocycles. The van der Waals surface area contributed by atoms with Crippen molar-refractivity contribution >= 4 is 11.7 Å². The molecule has 1 aliphatic heterocycles. The normalized spacial score (nSPS) is 19.1. The highest BCUT2D eigenvalue weighted by Crippen LogP contribution is 2.19. The van der Waals surface area contributed by atoms with Gasteiger partial charge in [-0.1, -0.05) is 70.4 Å². The first-order valence-corrected chi connectivity index (χ1v) is 12.4. The lowest BCUT2D eigenvalue weighted by molar-refractivity contribution is -0.833. The van der Waals surface area contributed by atoms with Crippen molar-refractivity contribution in [3.8, 4) is 0 Å². The minimum absolute atomic E-state index is 0.0639. The number of carbonyl (C=O) groups is 1. The van der Waals surface area contributed by atoms with E-state index in [9.17, 15) is 4.79 Å². The van der Waals surface area contributed by atoms with Crippen LogP contribution in [0.3, 0.4) is 0 Å². The number of unbranched alkanes of at least 4 members (excludes halogenated alkanes) is 10. The molecule has 1 N–H and O–H groups in total. The summed E-state index contributed by atoms with van der Waals surface area (Å²) in [6.07, 6.45) is 22.1. The standard InChI is InChI=1S/C25H47N3O/c1-4-6-7-8-9-10-11-12-13-14-15-16-17-18-19-25-27-21-23-28(25,5-2)22-20-26-24(3)29/h15-16H,4-14,17-23H2,1-3H3/p+1/b16-15+. The van der Waals surface area contributed by atoms with Crippen molar-refractivity contribution in [1.82, 2.24) is 5.32 Å². The average molecular weight is 407 g/mol. The van der Waals surface area contributed by atoms with Crippen LogP contribution < -0.4 is 5.32 Å². The second-order valence-electron chi connectivity index (χ2n) is 8.67. The lowest BCUT2D eigenvalue weighted by atomic mass is 10.1. The molecule has 4 nitrogen and oxygen atoms in total. The average Bonchev–Trinajstić information content (AvgIpc) is 3.11. The Bertz CT molecular complexity index is 486. The number of hydrogen-bond donors (Lipinski definition) is 1. The Morgan fingerprint density at radius 3 is 2.21 bits per heavy atom. The van der Waals surface area contributed by atoms with Crippen molar-refractivity contribution in [3.05, 3.63) is 12.2 Å². The van der Waals surface area contributed by atoms with E-state index in [2.05, 4.69) is 31.3 Å². The van der Waals surface area contributed by atoms with E-state index in [1.54, 1.807) is 6.92 Å². The van der Waals surface area contributed by atoms with Gasteiger partial charge < -0.3 is 5.32 Å². The van der Waals surface area contributed by atoms with Gasteiger partial charge in [0, 0.05) is 13.3 Å². The third-order valence-corrected chi connectivity index (χ3v) is 6.30. The van der Waals surface area contributed by atoms with Crippen molar-refractivity contribution in [1.29, 1.82) is 0 Å². The first-order chi connectivity index (χ1) is 14.1. The molecule has 1 unspecified atom stereocenters. The maximum Gasteiger partial charge on any atom is 0.217 e. The Kier molecular flexibility index (Phi) is 14.8. The van der Waals surface area contributed by atoms with Gasteiger partial charge in [-0.2, -0.15) is 0 Å². The Balaban J connectivity index is 2.07. The number of quaternary nitrogens is 1. The summed E-state index contributed by atoms with van der Waals surface area (Å²) >= 11 is 0. The van der Waals surface area contributed by atoms with Gasteiger partial charge in [0.2, 0.25) is 5.91 Å². The zero-order valence-electron chi connectivity index (χ0n) is 19.7. The van der Waals surface area contributed by atoms with E-state index < -0.39 is 0 Å². The smallest absolute Gasteiger partial charge is 0.217 e. The highest BCUT2D eigenvalue weighted by atomic mass is 16.1. The maximum atomic E-state index is 11.2. The van der Waals surface area contributed by atoms with Gasteiger partial charge in [0.15, 0.2) is 5.84 Å². The molecule has 0 saturated heterocycles. The quantitative estimate of drug-likeness (QED) is 0.169. The monoisotopic (exact) mass is 406 g/mol. The van der Waals surface area contributed by atoms with Crippen LogP contribution in [0.2, 0.25) is 0 Å². The zero-order valence-corrected chi connectivity index (χ0v) is 19.7. The van der Waals surface area contributed by atoms with Crippen molar-refractivity contribution in [2.45, 2.75) is 104 Å². The number of nitrogens with one attached hydrogen (secondary N) is 1. The molecule has 1 aliphatic rings. The molecule has 0 aromatic carbocycles. The van der Waals surface area contributed by atoms with E-state index in [4.69, 9.17) is 4.99 Å². The molecule has 29 heavy (non-hydrogen) atoms. The summed E-state index contributed by atoms with van der Waals surface area (Å²) in [7, 11) is 0. The Morgan fingerprint density at radius 2 is 1.59 bits per heavy atom. The van der Waals surface area contributed by atoms with Crippen molar-refractivity contribution in [3.63, 3.8) is 0 Å². The fourth-order valence-corrected chi connectivity index (χ4v) is 4.34. The van der Waals surface area contributed by atoms with E-state index in [0.29, 0.717) is 0 Å². The fourth-order valence-electron chi connectivity index (χ4n) is 4.34. The van der Waals surface area contributed by atoms with E-state index in [0.717, 1.165) is 50.0 Å². The summed E-state index contributed by atoms with van der Waals surface area (Å²) in [5, 5.41) is 2.95. The molecule has 4 heteroatoms. The number of amides is 1. The van der Waals surface area contributed by atoms with Crippen LogP contribution in [-0.2, 0) is 4.79 Å². The molecular weight excluding hydrogens is 358 g/mol. The minimum Gasteiger partial charge on any atom is -0.351 e. The van der Waals surface area contributed by atoms with Gasteiger partial charge in [0.1, 0.15) is 13.1 Å². The largest absolute Gasteiger partial charge is 0.351 e. The number of hydrogen-bond acceptors (Lipinski definition) is 2. The second-order valence-corrected chi connectivity index (χ2v) is 8.67. The third-order valence-electron chi connectivity index (χ3n) is 6.30. The molecule has 1 atom stereocenters. The van der Waals surface area contributed by atoms with Crippen molar-refractivity contribution in [2.24, 2.45) is 4.99 Å². The summed E-state index contributed by atoms with van der Waals surface area (Å²) in [5.74, 6) is 1.42. The summed E-state index contributed by atoms with van der Waals surface area (Å²) in [4.78, 5) is 16.0. The predicted molar refractivity (Wildman–Crippen MR) is 126 cm³/mol. The number of allylic oxidation sites excluding steroid dienone is 2. The van der Waals surface area contributed by atoms with E-state index in [-0.39, 0.29) is 5.91 Å². The lowest BCUT2D eigenvalue weighted by Crippen LogP contribution is -2.54. The zero-order chi connectivity index (χ0) is 21.2. The summed E-state index contributed by atoms with van der Waals surface area (Å²) in [5.41, 5.74) is 0. The minimum atomic E-state index is 0.0639. The van der Waals surface area contributed by atoms with Gasteiger partial charge in [-0.05, 0) is 32.6 Å². The maximum absolute atomic E-state index is 11.2. The first-order valence-electron chi connectivity index (χ1n) is 12.4. The van der Waals surface area contributed by atoms with Crippen LogP contribution >= 0.6 is 0 Å². The highest BCUT2D eigenvalue weighted by Gasteiger charge is 2.35. The number of nitrogens with zero attached hydrogens (tertiary/aromatic N) is 2. The summed E-state index contributed by atoms with van der Waals surface area (Å²) < 4.78 is 0.975. The van der Waals surface area contributed by atoms with Gasteiger partial charge in [-0.15, -0.1) is 0 Å². The third kappa shape index (κ3) is 11.6. The lowest BCUT2D eigenvalue weighted by Gasteiger charge is -2.33. The van der Waals surface area contributed by atoms with Crippen LogP contribution in [0.15, 0.2) is 17.1 Å². The summed E-state index contributed by atoms with van der Waals surface area (Å²) in [6, 6.07) is 0. The highest BCUT2D eigenvalue weighted by molar-refractivity contribution is 5.77. The molecule has 1 heterocycles. The Hall–Kier alpha value is -1.16. The topological polar surface area (TPSA) is 41.5 Å². The molecular formula is C25H48N3O+. The Morgan fingerprint density at radius 1 is 0.966 bits per heavy atom. The van der Waals surface area contributed by atoms with E-state index >= 15 is 0 Å². The van der Waals surface area contributed by atoms with Gasteiger partial charge in [0.25, 0.3) is 0 Å². The van der Waals surface area contributed by atoms with E-state index in [1.807, 2.05) is 0 Å². The van der Waals surface area contributed by atoms with Crippen LogP contribution in [0.5, 0.6) is 0 Å². The fraction of sp³-hybridized carbons (Fsp3) is 0.840. The first kappa shape index (κ1) is 25.9. The summed E-state index contributed by atoms with van der Waals surface area (Å²) in [6.45, 7) is 11.0. The molecule has 0 saturated carbocycles. The molecule has 0 aromatic rings. The van der Waals surface area contributed by atoms with Crippen LogP contribution in [-0.4, -0.2) is 48.9 Å². The molecule has 0 radical (unpaired) electrons. The molecule has 1 rings (SSSR count). The van der Waals surface area contributed by atoms with Gasteiger partial charge in [-0.25, -0.2) is 4.99 Å². The van der Waals surface area contributed by atoms with Gasteiger partial charge in [0.05, 0.1) is 19.6 Å². The van der Waals surface area contributed by atoms with Crippen molar-refractivity contribution < 1.29 is 9.28 Å². The number of amidine groups is 1. The number of likely N-dealkylation sites (N-methyl/N-ethyl adjacent to an activating group) is 1. The molecule has 0 spiro atoms. The van der Waals surface area contributed by atoms with Crippen LogP contribution in [0.25, 0.3) is 0 Å². The SMILES string of the molecule is CCCCCCCCCCC/C=C/CCCC1=NCC[N+]1(CC)CCNC(C)=O.